The highest BCUT2D eigenvalue weighted by atomic mass is 127. The maximum absolute atomic E-state index is 13.4. The lowest BCUT2D eigenvalue weighted by atomic mass is 9.91. The molecule has 0 aromatic heterocycles. The van der Waals surface area contributed by atoms with Gasteiger partial charge in [0.05, 0.1) is 5.69 Å². The molecule has 108 valence electrons. The van der Waals surface area contributed by atoms with Gasteiger partial charge in [-0.05, 0) is 35.7 Å². The highest BCUT2D eigenvalue weighted by molar-refractivity contribution is 14.2. The van der Waals surface area contributed by atoms with E-state index in [9.17, 15) is 9.18 Å². The van der Waals surface area contributed by atoms with E-state index in [1.54, 1.807) is 21.3 Å². The van der Waals surface area contributed by atoms with Gasteiger partial charge in [-0.25, -0.2) is 4.39 Å². The minimum absolute atomic E-state index is 0.213. The van der Waals surface area contributed by atoms with Crippen LogP contribution in [0.3, 0.4) is 0 Å². The molecule has 1 aliphatic heterocycles. The van der Waals surface area contributed by atoms with E-state index in [-0.39, 0.29) is 11.7 Å². The number of rotatable bonds is 4. The average Bonchev–Trinajstić information content (AvgIpc) is 2.85. The second-order valence-corrected chi connectivity index (χ2v) is 6.82. The molecule has 0 amide bonds. The van der Waals surface area contributed by atoms with Crippen molar-refractivity contribution in [3.05, 3.63) is 65.0 Å². The number of hydrogen-bond acceptors (Lipinski definition) is 3. The Morgan fingerprint density at radius 1 is 1.33 bits per heavy atom. The third kappa shape index (κ3) is 2.94. The Balaban J connectivity index is 1.97. The number of benzene rings is 2. The summed E-state index contributed by atoms with van der Waals surface area (Å²) in [6.45, 7) is 0.838. The van der Waals surface area contributed by atoms with Gasteiger partial charge in [-0.15, -0.1) is 0 Å². The summed E-state index contributed by atoms with van der Waals surface area (Å²) >= 11 is 2.25. The van der Waals surface area contributed by atoms with Gasteiger partial charge in [0.2, 0.25) is 0 Å². The van der Waals surface area contributed by atoms with Crippen molar-refractivity contribution in [1.82, 2.24) is 0 Å². The zero-order valence-corrected chi connectivity index (χ0v) is 14.1. The van der Waals surface area contributed by atoms with E-state index in [0.29, 0.717) is 0 Å². The van der Waals surface area contributed by atoms with Gasteiger partial charge in [-0.3, -0.25) is 4.79 Å². The van der Waals surface area contributed by atoms with Crippen molar-refractivity contribution in [3.63, 3.8) is 0 Å². The molecule has 1 heterocycles. The first-order chi connectivity index (χ1) is 10.2. The SMILES string of the molecule is O=Cc1cccc2c1[C@@H](Cc1cccc(F)c1)CN2SI. The van der Waals surface area contributed by atoms with E-state index >= 15 is 0 Å². The summed E-state index contributed by atoms with van der Waals surface area (Å²) in [5, 5.41) is 0. The lowest BCUT2D eigenvalue weighted by Gasteiger charge is -2.14. The lowest BCUT2D eigenvalue weighted by Crippen LogP contribution is -2.12. The Kier molecular flexibility index (Phi) is 4.49. The third-order valence-corrected chi connectivity index (χ3v) is 5.70. The number of anilines is 1. The second kappa shape index (κ2) is 6.36. The Morgan fingerprint density at radius 3 is 2.86 bits per heavy atom. The van der Waals surface area contributed by atoms with Gasteiger partial charge in [0.25, 0.3) is 0 Å². The summed E-state index contributed by atoms with van der Waals surface area (Å²) in [6.07, 6.45) is 1.65. The predicted octanol–water partition coefficient (Wildman–Crippen LogP) is 4.78. The summed E-state index contributed by atoms with van der Waals surface area (Å²) in [6, 6.07) is 12.5. The molecule has 0 fully saturated rings. The van der Waals surface area contributed by atoms with Crippen molar-refractivity contribution < 1.29 is 9.18 Å². The topological polar surface area (TPSA) is 20.3 Å². The number of fused-ring (bicyclic) bond motifs is 1. The normalized spacial score (nSPS) is 16.9. The molecule has 2 nitrogen and oxygen atoms in total. The summed E-state index contributed by atoms with van der Waals surface area (Å²) in [7, 11) is 1.63. The van der Waals surface area contributed by atoms with Crippen LogP contribution in [0.25, 0.3) is 0 Å². The first-order valence-electron chi connectivity index (χ1n) is 6.61. The molecule has 0 aliphatic carbocycles. The predicted molar refractivity (Wildman–Crippen MR) is 93.6 cm³/mol. The molecule has 0 spiro atoms. The van der Waals surface area contributed by atoms with Gasteiger partial charge >= 0.3 is 0 Å². The highest BCUT2D eigenvalue weighted by Crippen LogP contribution is 2.44. The van der Waals surface area contributed by atoms with Crippen LogP contribution in [-0.4, -0.2) is 12.8 Å². The van der Waals surface area contributed by atoms with Crippen LogP contribution in [0, 0.1) is 5.82 Å². The molecule has 3 rings (SSSR count). The Labute approximate surface area is 139 Å². The standard InChI is InChI=1S/C16H13FINOS/c17-14-5-1-3-11(8-14)7-13-9-19(21-18)15-6-2-4-12(10-20)16(13)15/h1-6,8,10,13H,7,9H2/t13-/m0/s1. The van der Waals surface area contributed by atoms with Crippen molar-refractivity contribution in [2.45, 2.75) is 12.3 Å². The van der Waals surface area contributed by atoms with Crippen LogP contribution in [0.4, 0.5) is 10.1 Å². The first-order valence-corrected chi connectivity index (χ1v) is 9.93. The van der Waals surface area contributed by atoms with Gasteiger partial charge < -0.3 is 4.31 Å². The van der Waals surface area contributed by atoms with Crippen LogP contribution < -0.4 is 4.31 Å². The van der Waals surface area contributed by atoms with Crippen molar-refractivity contribution in [1.29, 1.82) is 0 Å². The zero-order valence-electron chi connectivity index (χ0n) is 11.1. The molecule has 0 saturated carbocycles. The van der Waals surface area contributed by atoms with Crippen LogP contribution >= 0.6 is 30.3 Å². The smallest absolute Gasteiger partial charge is 0.150 e. The maximum Gasteiger partial charge on any atom is 0.150 e. The second-order valence-electron chi connectivity index (χ2n) is 5.06. The molecule has 0 unspecified atom stereocenters. The molecule has 21 heavy (non-hydrogen) atoms. The van der Waals surface area contributed by atoms with Crippen LogP contribution in [0.2, 0.25) is 0 Å². The fourth-order valence-corrected chi connectivity index (χ4v) is 4.49. The van der Waals surface area contributed by atoms with E-state index in [1.165, 1.54) is 6.07 Å². The molecular weight excluding hydrogens is 400 g/mol. The Morgan fingerprint density at radius 2 is 2.14 bits per heavy atom. The first kappa shape index (κ1) is 14.8. The van der Waals surface area contributed by atoms with E-state index in [4.69, 9.17) is 0 Å². The van der Waals surface area contributed by atoms with Gasteiger partial charge in [0, 0.05) is 48.4 Å². The summed E-state index contributed by atoms with van der Waals surface area (Å²) in [5.74, 6) is -0.0000171. The number of carbonyl (C=O) groups excluding carboxylic acids is 1. The van der Waals surface area contributed by atoms with E-state index in [1.807, 2.05) is 24.3 Å². The molecular formula is C16H13FINOS. The molecule has 0 bridgehead atoms. The summed E-state index contributed by atoms with van der Waals surface area (Å²) in [5.41, 5.74) is 3.88. The summed E-state index contributed by atoms with van der Waals surface area (Å²) < 4.78 is 15.5. The fourth-order valence-electron chi connectivity index (χ4n) is 2.91. The lowest BCUT2D eigenvalue weighted by molar-refractivity contribution is 0.112. The highest BCUT2D eigenvalue weighted by Gasteiger charge is 2.31. The maximum atomic E-state index is 13.4. The molecule has 1 aliphatic rings. The monoisotopic (exact) mass is 413 g/mol. The Hall–Kier alpha value is -1.08. The molecule has 1 atom stereocenters. The molecule has 0 N–H and O–H groups in total. The third-order valence-electron chi connectivity index (χ3n) is 3.76. The quantitative estimate of drug-likeness (QED) is 0.409. The molecule has 2 aromatic rings. The van der Waals surface area contributed by atoms with Crippen molar-refractivity contribution >= 4 is 42.3 Å². The molecule has 0 saturated heterocycles. The summed E-state index contributed by atoms with van der Waals surface area (Å²) in [4.78, 5) is 11.3. The molecule has 2 aromatic carbocycles. The van der Waals surface area contributed by atoms with Gasteiger partial charge in [-0.1, -0.05) is 24.3 Å². The van der Waals surface area contributed by atoms with Crippen LogP contribution in [0.1, 0.15) is 27.4 Å². The van der Waals surface area contributed by atoms with Crippen molar-refractivity contribution in [3.8, 4) is 0 Å². The van der Waals surface area contributed by atoms with E-state index in [2.05, 4.69) is 25.5 Å². The van der Waals surface area contributed by atoms with E-state index in [0.717, 1.165) is 41.6 Å². The van der Waals surface area contributed by atoms with Gasteiger partial charge in [-0.2, -0.15) is 0 Å². The number of nitrogens with zero attached hydrogens (tertiary/aromatic N) is 1. The van der Waals surface area contributed by atoms with Crippen LogP contribution in [0.15, 0.2) is 42.5 Å². The zero-order chi connectivity index (χ0) is 14.8. The minimum Gasteiger partial charge on any atom is -0.307 e. The number of halogens is 2. The minimum atomic E-state index is -0.213. The average molecular weight is 413 g/mol. The fraction of sp³-hybridized carbons (Fsp3) is 0.188. The Bertz CT molecular complexity index is 679. The number of hydrogen-bond donors (Lipinski definition) is 0. The number of aldehydes is 1. The van der Waals surface area contributed by atoms with Crippen molar-refractivity contribution in [2.24, 2.45) is 0 Å². The van der Waals surface area contributed by atoms with Gasteiger partial charge in [0.1, 0.15) is 12.1 Å². The van der Waals surface area contributed by atoms with E-state index < -0.39 is 0 Å². The van der Waals surface area contributed by atoms with Crippen LogP contribution in [0.5, 0.6) is 0 Å². The van der Waals surface area contributed by atoms with Crippen LogP contribution in [-0.2, 0) is 6.42 Å². The molecule has 0 radical (unpaired) electrons. The number of carbonyl (C=O) groups is 1. The van der Waals surface area contributed by atoms with Crippen molar-refractivity contribution in [2.75, 3.05) is 10.8 Å². The largest absolute Gasteiger partial charge is 0.307 e. The van der Waals surface area contributed by atoms with Gasteiger partial charge in [0.15, 0.2) is 0 Å². The molecule has 5 heteroatoms.